The van der Waals surface area contributed by atoms with Crippen LogP contribution in [-0.4, -0.2) is 45.1 Å². The van der Waals surface area contributed by atoms with Crippen LogP contribution in [-0.2, 0) is 7.05 Å². The van der Waals surface area contributed by atoms with E-state index in [9.17, 15) is 5.11 Å². The normalized spacial score (nSPS) is 11.0. The van der Waals surface area contributed by atoms with E-state index in [1.807, 2.05) is 60.6 Å². The number of nitrogens with zero attached hydrogens (tertiary/aromatic N) is 5. The van der Waals surface area contributed by atoms with E-state index in [-0.39, 0.29) is 6.61 Å². The van der Waals surface area contributed by atoms with Gasteiger partial charge in [-0.2, -0.15) is 5.10 Å². The summed E-state index contributed by atoms with van der Waals surface area (Å²) in [5, 5.41) is 13.8. The Bertz CT molecular complexity index is 1110. The van der Waals surface area contributed by atoms with Crippen LogP contribution in [0.25, 0.3) is 22.3 Å². The van der Waals surface area contributed by atoms with Crippen LogP contribution >= 0.6 is 0 Å². The van der Waals surface area contributed by atoms with Gasteiger partial charge in [-0.25, -0.2) is 4.98 Å². The minimum atomic E-state index is 0.0245. The van der Waals surface area contributed by atoms with Crippen molar-refractivity contribution in [1.29, 1.82) is 0 Å². The highest BCUT2D eigenvalue weighted by atomic mass is 16.5. The van der Waals surface area contributed by atoms with Gasteiger partial charge in [0.25, 0.3) is 0 Å². The Kier molecular flexibility index (Phi) is 4.90. The second-order valence-corrected chi connectivity index (χ2v) is 6.41. The number of aliphatic hydroxyl groups is 1. The highest BCUT2D eigenvalue weighted by molar-refractivity contribution is 5.82. The zero-order chi connectivity index (χ0) is 19.5. The Hall–Kier alpha value is -3.45. The maximum atomic E-state index is 9.58. The number of benzene rings is 2. The summed E-state index contributed by atoms with van der Waals surface area (Å²) in [6.07, 6.45) is 5.44. The Balaban J connectivity index is 1.77. The summed E-state index contributed by atoms with van der Waals surface area (Å²) in [7, 11) is 3.51. The van der Waals surface area contributed by atoms with Gasteiger partial charge in [-0.15, -0.1) is 0 Å². The molecule has 0 saturated heterocycles. The van der Waals surface area contributed by atoms with Crippen molar-refractivity contribution in [3.05, 3.63) is 61.1 Å². The van der Waals surface area contributed by atoms with E-state index in [4.69, 9.17) is 9.72 Å². The molecule has 1 N–H and O–H groups in total. The fraction of sp³-hybridized carbons (Fsp3) is 0.190. The molecule has 0 aliphatic rings. The van der Waals surface area contributed by atoms with E-state index in [2.05, 4.69) is 10.1 Å². The van der Waals surface area contributed by atoms with Crippen LogP contribution in [0.4, 0.5) is 11.4 Å². The molecule has 0 aliphatic carbocycles. The zero-order valence-electron chi connectivity index (χ0n) is 15.8. The van der Waals surface area contributed by atoms with Gasteiger partial charge in [-0.3, -0.25) is 9.67 Å². The first-order valence-corrected chi connectivity index (χ1v) is 8.96. The number of anilines is 2. The minimum absolute atomic E-state index is 0.0245. The van der Waals surface area contributed by atoms with Crippen molar-refractivity contribution < 1.29 is 9.84 Å². The number of hydrogen-bond acceptors (Lipinski definition) is 6. The molecule has 0 radical (unpaired) electrons. The second kappa shape index (κ2) is 7.66. The summed E-state index contributed by atoms with van der Waals surface area (Å²) < 4.78 is 7.08. The van der Waals surface area contributed by atoms with Crippen molar-refractivity contribution in [3.63, 3.8) is 0 Å². The van der Waals surface area contributed by atoms with E-state index < -0.39 is 0 Å². The molecule has 0 fully saturated rings. The third-order valence-electron chi connectivity index (χ3n) is 4.53. The molecule has 7 heteroatoms. The number of ether oxygens (including phenoxy) is 1. The molecule has 0 unspecified atom stereocenters. The SMILES string of the molecule is COc1cccc(N(CCO)c2ccc3ncc(-c4cnn(C)c4)nc3c2)c1. The lowest BCUT2D eigenvalue weighted by atomic mass is 10.2. The van der Waals surface area contributed by atoms with Gasteiger partial charge in [-0.1, -0.05) is 6.07 Å². The van der Waals surface area contributed by atoms with Crippen LogP contribution in [0.2, 0.25) is 0 Å². The highest BCUT2D eigenvalue weighted by Crippen LogP contribution is 2.30. The van der Waals surface area contributed by atoms with Crippen LogP contribution in [0.15, 0.2) is 61.1 Å². The third kappa shape index (κ3) is 3.52. The fourth-order valence-electron chi connectivity index (χ4n) is 3.15. The number of rotatable bonds is 6. The molecule has 0 atom stereocenters. The molecule has 142 valence electrons. The number of aryl methyl sites for hydroxylation is 1. The molecular weight excluding hydrogens is 354 g/mol. The monoisotopic (exact) mass is 375 g/mol. The van der Waals surface area contributed by atoms with Gasteiger partial charge in [-0.05, 0) is 30.3 Å². The average molecular weight is 375 g/mol. The minimum Gasteiger partial charge on any atom is -0.497 e. The van der Waals surface area contributed by atoms with Gasteiger partial charge in [0.05, 0.1) is 42.8 Å². The van der Waals surface area contributed by atoms with Crippen LogP contribution in [0.1, 0.15) is 0 Å². The molecule has 2 heterocycles. The number of fused-ring (bicyclic) bond motifs is 1. The molecule has 0 aliphatic heterocycles. The van der Waals surface area contributed by atoms with Crippen LogP contribution < -0.4 is 9.64 Å². The van der Waals surface area contributed by atoms with Gasteiger partial charge in [0, 0.05) is 42.8 Å². The standard InChI is InChI=1S/C21H21N5O2/c1-25-14-15(12-23-25)21-13-22-19-7-6-17(11-20(19)24-21)26(8-9-27)16-4-3-5-18(10-16)28-2/h3-7,10-14,27H,8-9H2,1-2H3. The van der Waals surface area contributed by atoms with Gasteiger partial charge < -0.3 is 14.7 Å². The van der Waals surface area contributed by atoms with Gasteiger partial charge in [0.15, 0.2) is 0 Å². The largest absolute Gasteiger partial charge is 0.497 e. The average Bonchev–Trinajstić information content (AvgIpc) is 3.17. The summed E-state index contributed by atoms with van der Waals surface area (Å²) in [4.78, 5) is 11.3. The van der Waals surface area contributed by atoms with Crippen molar-refractivity contribution in [1.82, 2.24) is 19.7 Å². The summed E-state index contributed by atoms with van der Waals surface area (Å²) in [6, 6.07) is 13.7. The molecule has 2 aromatic carbocycles. The smallest absolute Gasteiger partial charge is 0.120 e. The summed E-state index contributed by atoms with van der Waals surface area (Å²) >= 11 is 0. The maximum Gasteiger partial charge on any atom is 0.120 e. The van der Waals surface area contributed by atoms with E-state index in [0.717, 1.165) is 39.4 Å². The lowest BCUT2D eigenvalue weighted by Crippen LogP contribution is -2.21. The quantitative estimate of drug-likeness (QED) is 0.558. The number of hydrogen-bond donors (Lipinski definition) is 1. The topological polar surface area (TPSA) is 76.3 Å². The Labute approximate surface area is 162 Å². The van der Waals surface area contributed by atoms with Gasteiger partial charge >= 0.3 is 0 Å². The number of aliphatic hydroxyl groups excluding tert-OH is 1. The molecule has 0 amide bonds. The first-order valence-electron chi connectivity index (χ1n) is 8.96. The lowest BCUT2D eigenvalue weighted by Gasteiger charge is -2.24. The molecule has 28 heavy (non-hydrogen) atoms. The summed E-state index contributed by atoms with van der Waals surface area (Å²) in [5.41, 5.74) is 5.14. The highest BCUT2D eigenvalue weighted by Gasteiger charge is 2.12. The van der Waals surface area contributed by atoms with E-state index in [1.54, 1.807) is 24.2 Å². The fourth-order valence-corrected chi connectivity index (χ4v) is 3.15. The van der Waals surface area contributed by atoms with Crippen molar-refractivity contribution in [2.45, 2.75) is 0 Å². The maximum absolute atomic E-state index is 9.58. The molecule has 0 spiro atoms. The third-order valence-corrected chi connectivity index (χ3v) is 4.53. The van der Waals surface area contributed by atoms with Crippen molar-refractivity contribution >= 4 is 22.4 Å². The van der Waals surface area contributed by atoms with Crippen LogP contribution in [0.3, 0.4) is 0 Å². The van der Waals surface area contributed by atoms with Gasteiger partial charge in [0.1, 0.15) is 5.75 Å². The van der Waals surface area contributed by atoms with Crippen molar-refractivity contribution in [2.75, 3.05) is 25.2 Å². The Morgan fingerprint density at radius 2 is 1.93 bits per heavy atom. The van der Waals surface area contributed by atoms with Crippen molar-refractivity contribution in [2.24, 2.45) is 7.05 Å². The van der Waals surface area contributed by atoms with Gasteiger partial charge in [0.2, 0.25) is 0 Å². The molecular formula is C21H21N5O2. The summed E-state index contributed by atoms with van der Waals surface area (Å²) in [6.45, 7) is 0.477. The number of methoxy groups -OCH3 is 1. The molecule has 4 aromatic rings. The molecule has 2 aromatic heterocycles. The van der Waals surface area contributed by atoms with Crippen LogP contribution in [0, 0.1) is 0 Å². The van der Waals surface area contributed by atoms with E-state index in [0.29, 0.717) is 6.54 Å². The molecule has 4 rings (SSSR count). The Morgan fingerprint density at radius 3 is 2.68 bits per heavy atom. The molecule has 0 saturated carbocycles. The first kappa shape index (κ1) is 17.9. The Morgan fingerprint density at radius 1 is 1.07 bits per heavy atom. The van der Waals surface area contributed by atoms with Crippen molar-refractivity contribution in [3.8, 4) is 17.0 Å². The lowest BCUT2D eigenvalue weighted by molar-refractivity contribution is 0.305. The van der Waals surface area contributed by atoms with E-state index in [1.165, 1.54) is 0 Å². The summed E-state index contributed by atoms with van der Waals surface area (Å²) in [5.74, 6) is 0.764. The first-order chi connectivity index (χ1) is 13.7. The zero-order valence-corrected chi connectivity index (χ0v) is 15.8. The predicted octanol–water partition coefficient (Wildman–Crippen LogP) is 3.17. The van der Waals surface area contributed by atoms with E-state index >= 15 is 0 Å². The molecule has 0 bridgehead atoms. The second-order valence-electron chi connectivity index (χ2n) is 6.41. The number of aromatic nitrogens is 4. The molecule has 7 nitrogen and oxygen atoms in total. The van der Waals surface area contributed by atoms with Crippen LogP contribution in [0.5, 0.6) is 5.75 Å². The predicted molar refractivity (Wildman–Crippen MR) is 109 cm³/mol.